The molecule has 3 aromatic rings. The summed E-state index contributed by atoms with van der Waals surface area (Å²) in [6.45, 7) is 0.117. The first-order valence-electron chi connectivity index (χ1n) is 10.6. The number of carbonyl (C=O) groups excluding carboxylic acids is 2. The van der Waals surface area contributed by atoms with Gasteiger partial charge in [0.15, 0.2) is 0 Å². The van der Waals surface area contributed by atoms with Gasteiger partial charge in [-0.3, -0.25) is 14.6 Å². The van der Waals surface area contributed by atoms with Gasteiger partial charge in [-0.05, 0) is 48.0 Å². The fourth-order valence-corrected chi connectivity index (χ4v) is 4.24. The molecule has 2 aromatic carbocycles. The van der Waals surface area contributed by atoms with Crippen LogP contribution in [0.4, 0.5) is 5.69 Å². The minimum Gasteiger partial charge on any atom is -0.507 e. The number of halogens is 1. The van der Waals surface area contributed by atoms with Gasteiger partial charge in [-0.1, -0.05) is 29.8 Å². The van der Waals surface area contributed by atoms with Crippen LogP contribution < -0.4 is 9.64 Å². The van der Waals surface area contributed by atoms with Crippen LogP contribution in [0.2, 0.25) is 5.02 Å². The zero-order valence-corrected chi connectivity index (χ0v) is 19.8. The first kappa shape index (κ1) is 23.3. The van der Waals surface area contributed by atoms with Crippen LogP contribution in [0.5, 0.6) is 5.75 Å². The average Bonchev–Trinajstić information content (AvgIpc) is 3.09. The number of ether oxygens (including phenoxy) is 1. The Balaban J connectivity index is 1.85. The fourth-order valence-electron chi connectivity index (χ4n) is 3.98. The van der Waals surface area contributed by atoms with E-state index < -0.39 is 17.7 Å². The lowest BCUT2D eigenvalue weighted by Crippen LogP contribution is -2.29. The van der Waals surface area contributed by atoms with Gasteiger partial charge in [0.1, 0.15) is 11.5 Å². The molecule has 0 aliphatic carbocycles. The van der Waals surface area contributed by atoms with E-state index in [4.69, 9.17) is 16.3 Å². The van der Waals surface area contributed by atoms with Crippen molar-refractivity contribution in [2.75, 3.05) is 26.1 Å². The summed E-state index contributed by atoms with van der Waals surface area (Å²) in [7, 11) is 5.34. The van der Waals surface area contributed by atoms with Gasteiger partial charge in [0, 0.05) is 31.5 Å². The Kier molecular flexibility index (Phi) is 6.56. The molecule has 1 amide bonds. The molecule has 0 radical (unpaired) electrons. The van der Waals surface area contributed by atoms with E-state index in [1.165, 1.54) is 18.1 Å². The Hall–Kier alpha value is -3.84. The third-order valence-corrected chi connectivity index (χ3v) is 6.04. The van der Waals surface area contributed by atoms with Crippen molar-refractivity contribution in [3.8, 4) is 5.75 Å². The SMILES string of the molecule is COc1ccc(/C(O)=C2/C(=O)C(=O)N(Cc3ccccn3)C2c2ccc(N(C)C)cc2)cc1Cl. The summed E-state index contributed by atoms with van der Waals surface area (Å²) >= 11 is 6.25. The number of benzene rings is 2. The smallest absolute Gasteiger partial charge is 0.296 e. The predicted molar refractivity (Wildman–Crippen MR) is 131 cm³/mol. The van der Waals surface area contributed by atoms with Crippen LogP contribution >= 0.6 is 11.6 Å². The summed E-state index contributed by atoms with van der Waals surface area (Å²) in [5.41, 5.74) is 2.61. The predicted octanol–water partition coefficient (Wildman–Crippen LogP) is 4.43. The van der Waals surface area contributed by atoms with Crippen molar-refractivity contribution in [1.29, 1.82) is 0 Å². The van der Waals surface area contributed by atoms with Crippen molar-refractivity contribution in [3.05, 3.63) is 94.3 Å². The molecule has 1 atom stereocenters. The number of pyridine rings is 1. The lowest BCUT2D eigenvalue weighted by Gasteiger charge is -2.25. The maximum atomic E-state index is 13.2. The highest BCUT2D eigenvalue weighted by molar-refractivity contribution is 6.46. The molecule has 1 aliphatic rings. The van der Waals surface area contributed by atoms with E-state index in [0.717, 1.165) is 5.69 Å². The number of Topliss-reactive ketones (excluding diaryl/α,β-unsaturated/α-hetero) is 1. The first-order chi connectivity index (χ1) is 16.3. The molecular weight excluding hydrogens is 454 g/mol. The van der Waals surface area contributed by atoms with Gasteiger partial charge in [-0.2, -0.15) is 0 Å². The van der Waals surface area contributed by atoms with E-state index in [1.54, 1.807) is 30.5 Å². The van der Waals surface area contributed by atoms with E-state index in [-0.39, 0.29) is 22.9 Å². The molecule has 0 spiro atoms. The number of amides is 1. The second-order valence-electron chi connectivity index (χ2n) is 8.08. The maximum Gasteiger partial charge on any atom is 0.296 e. The van der Waals surface area contributed by atoms with Gasteiger partial charge >= 0.3 is 0 Å². The Morgan fingerprint density at radius 3 is 2.44 bits per heavy atom. The van der Waals surface area contributed by atoms with E-state index in [2.05, 4.69) is 4.98 Å². The van der Waals surface area contributed by atoms with Crippen LogP contribution in [0.1, 0.15) is 22.9 Å². The largest absolute Gasteiger partial charge is 0.507 e. The quantitative estimate of drug-likeness (QED) is 0.321. The number of nitrogens with zero attached hydrogens (tertiary/aromatic N) is 3. The molecule has 2 heterocycles. The molecule has 4 rings (SSSR count). The van der Waals surface area contributed by atoms with Gasteiger partial charge in [-0.25, -0.2) is 0 Å². The van der Waals surface area contributed by atoms with Crippen molar-refractivity contribution in [2.45, 2.75) is 12.6 Å². The number of ketones is 1. The molecule has 1 fully saturated rings. The van der Waals surface area contributed by atoms with Crippen LogP contribution in [0.15, 0.2) is 72.4 Å². The number of anilines is 1. The second-order valence-corrected chi connectivity index (χ2v) is 8.49. The molecule has 1 N–H and O–H groups in total. The second kappa shape index (κ2) is 9.57. The molecular formula is C26H24ClN3O4. The summed E-state index contributed by atoms with van der Waals surface area (Å²) < 4.78 is 5.18. The first-order valence-corrected chi connectivity index (χ1v) is 11.0. The average molecular weight is 478 g/mol. The highest BCUT2D eigenvalue weighted by Gasteiger charge is 2.46. The summed E-state index contributed by atoms with van der Waals surface area (Å²) in [4.78, 5) is 34.0. The normalized spacial score (nSPS) is 17.2. The number of methoxy groups -OCH3 is 1. The number of rotatable bonds is 6. The minimum atomic E-state index is -0.793. The van der Waals surface area contributed by atoms with Crippen molar-refractivity contribution >= 4 is 34.7 Å². The Labute approximate surface area is 202 Å². The van der Waals surface area contributed by atoms with Crippen LogP contribution in [-0.2, 0) is 16.1 Å². The summed E-state index contributed by atoms with van der Waals surface area (Å²) in [6.07, 6.45) is 1.63. The molecule has 7 nitrogen and oxygen atoms in total. The van der Waals surface area contributed by atoms with E-state index in [1.807, 2.05) is 49.3 Å². The Bertz CT molecular complexity index is 1260. The fraction of sp³-hybridized carbons (Fsp3) is 0.192. The van der Waals surface area contributed by atoms with Crippen LogP contribution in [-0.4, -0.2) is 47.9 Å². The van der Waals surface area contributed by atoms with Gasteiger partial charge < -0.3 is 19.6 Å². The lowest BCUT2D eigenvalue weighted by atomic mass is 9.95. The molecule has 1 saturated heterocycles. The summed E-state index contributed by atoms with van der Waals surface area (Å²) in [5, 5.41) is 11.5. The Morgan fingerprint density at radius 1 is 1.12 bits per heavy atom. The molecule has 0 saturated carbocycles. The lowest BCUT2D eigenvalue weighted by molar-refractivity contribution is -0.140. The molecule has 1 aliphatic heterocycles. The highest BCUT2D eigenvalue weighted by Crippen LogP contribution is 2.41. The van der Waals surface area contributed by atoms with Crippen LogP contribution in [0.25, 0.3) is 5.76 Å². The van der Waals surface area contributed by atoms with Crippen molar-refractivity contribution < 1.29 is 19.4 Å². The van der Waals surface area contributed by atoms with Crippen LogP contribution in [0, 0.1) is 0 Å². The molecule has 8 heteroatoms. The number of hydrogen-bond acceptors (Lipinski definition) is 6. The van der Waals surface area contributed by atoms with Crippen LogP contribution in [0.3, 0.4) is 0 Å². The topological polar surface area (TPSA) is 83.0 Å². The molecule has 1 unspecified atom stereocenters. The summed E-state index contributed by atoms with van der Waals surface area (Å²) in [6, 6.07) is 16.8. The third-order valence-electron chi connectivity index (χ3n) is 5.75. The zero-order chi connectivity index (χ0) is 24.4. The van der Waals surface area contributed by atoms with E-state index in [0.29, 0.717) is 22.6 Å². The molecule has 34 heavy (non-hydrogen) atoms. The van der Waals surface area contributed by atoms with E-state index >= 15 is 0 Å². The minimum absolute atomic E-state index is 0.000215. The number of likely N-dealkylation sites (tertiary alicyclic amines) is 1. The number of carbonyl (C=O) groups is 2. The van der Waals surface area contributed by atoms with Gasteiger partial charge in [0.2, 0.25) is 0 Å². The van der Waals surface area contributed by atoms with E-state index in [9.17, 15) is 14.7 Å². The number of hydrogen-bond donors (Lipinski definition) is 1. The Morgan fingerprint density at radius 2 is 1.85 bits per heavy atom. The number of aliphatic hydroxyl groups excluding tert-OH is 1. The highest BCUT2D eigenvalue weighted by atomic mass is 35.5. The van der Waals surface area contributed by atoms with Crippen molar-refractivity contribution in [3.63, 3.8) is 0 Å². The van der Waals surface area contributed by atoms with Gasteiger partial charge in [-0.15, -0.1) is 0 Å². The van der Waals surface area contributed by atoms with Crippen molar-refractivity contribution in [1.82, 2.24) is 9.88 Å². The van der Waals surface area contributed by atoms with Gasteiger partial charge in [0.25, 0.3) is 11.7 Å². The monoisotopic (exact) mass is 477 g/mol. The van der Waals surface area contributed by atoms with Crippen molar-refractivity contribution in [2.24, 2.45) is 0 Å². The number of aromatic nitrogens is 1. The molecule has 174 valence electrons. The number of aliphatic hydroxyl groups is 1. The molecule has 0 bridgehead atoms. The summed E-state index contributed by atoms with van der Waals surface area (Å²) in [5.74, 6) is -1.33. The standard InChI is InChI=1S/C26H24ClN3O4/c1-29(2)19-10-7-16(8-11-19)23-22(24(31)17-9-12-21(34-3)20(27)14-17)25(32)26(33)30(23)15-18-6-4-5-13-28-18/h4-14,23,31H,15H2,1-3H3/b24-22-. The third kappa shape index (κ3) is 4.34. The maximum absolute atomic E-state index is 13.2. The molecule has 1 aromatic heterocycles. The zero-order valence-electron chi connectivity index (χ0n) is 19.0. The van der Waals surface area contributed by atoms with Gasteiger partial charge in [0.05, 0.1) is 36.0 Å².